The highest BCUT2D eigenvalue weighted by Gasteiger charge is 2.51. The van der Waals surface area contributed by atoms with E-state index < -0.39 is 42.4 Å². The maximum atomic E-state index is 11.9. The van der Waals surface area contributed by atoms with Crippen LogP contribution >= 0.6 is 0 Å². The summed E-state index contributed by atoms with van der Waals surface area (Å²) in [5.41, 5.74) is 2.43. The van der Waals surface area contributed by atoms with Crippen LogP contribution in [-0.2, 0) is 33.3 Å². The molecule has 1 aliphatic rings. The summed E-state index contributed by atoms with van der Waals surface area (Å²) in [5, 5.41) is 0. The van der Waals surface area contributed by atoms with Crippen molar-refractivity contribution < 1.29 is 33.3 Å². The van der Waals surface area contributed by atoms with Crippen LogP contribution in [0.4, 0.5) is 0 Å². The molecular formula is C23H20N8O7. The van der Waals surface area contributed by atoms with Crippen LogP contribution in [0.15, 0.2) is 25.3 Å². The number of aromatic amines is 1. The monoisotopic (exact) mass is 520 g/mol. The lowest BCUT2D eigenvalue weighted by Crippen LogP contribution is -2.40. The molecule has 0 bridgehead atoms. The van der Waals surface area contributed by atoms with Crippen LogP contribution in [0, 0.1) is 11.8 Å². The van der Waals surface area contributed by atoms with Crippen molar-refractivity contribution in [2.45, 2.75) is 45.3 Å². The second-order valence-electron chi connectivity index (χ2n) is 8.14. The normalized spacial score (nSPS) is 20.6. The van der Waals surface area contributed by atoms with Crippen LogP contribution in [0.5, 0.6) is 0 Å². The van der Waals surface area contributed by atoms with Crippen LogP contribution in [0.25, 0.3) is 22.3 Å². The molecule has 0 aromatic carbocycles. The summed E-state index contributed by atoms with van der Waals surface area (Å²) < 4.78 is 23.6. The lowest BCUT2D eigenvalue weighted by molar-refractivity contribution is -0.166. The maximum absolute atomic E-state index is 11.9. The van der Waals surface area contributed by atoms with Gasteiger partial charge in [0.2, 0.25) is 0 Å². The van der Waals surface area contributed by atoms with Gasteiger partial charge in [-0.05, 0) is 11.8 Å². The smallest absolute Gasteiger partial charge is 0.303 e. The quantitative estimate of drug-likeness (QED) is 0.214. The molecule has 1 N–H and O–H groups in total. The molecule has 5 rings (SSSR count). The van der Waals surface area contributed by atoms with Crippen LogP contribution in [0.3, 0.4) is 0 Å². The predicted octanol–water partition coefficient (Wildman–Crippen LogP) is 0.216. The van der Waals surface area contributed by atoms with Crippen LogP contribution < -0.4 is 0 Å². The van der Waals surface area contributed by atoms with E-state index in [0.717, 1.165) is 0 Å². The van der Waals surface area contributed by atoms with E-state index in [1.165, 1.54) is 50.6 Å². The number of nitrogens with one attached hydrogen (secondary N) is 1. The zero-order valence-electron chi connectivity index (χ0n) is 20.3. The number of H-pyrrole nitrogens is 1. The molecule has 0 radical (unpaired) electrons. The first-order valence-corrected chi connectivity index (χ1v) is 11.3. The Hall–Kier alpha value is -4.97. The van der Waals surface area contributed by atoms with E-state index in [1.54, 1.807) is 0 Å². The predicted molar refractivity (Wildman–Crippen MR) is 125 cm³/mol. The standard InChI is InChI=1S/C23H20N8O7/c1-11(32)35-6-16-19(36-12(2)33)20(37-13(3)34)23(38-16)31-10-30-18-15(25-8-29-22(18)31)5-4-14-17-21(27-7-24-14)28-9-26-17/h7-10,16,19-20,23H,6H2,1-3H3,(H,24,26,27,28)/t16-,19-,20-,23-/m1/s1. The van der Waals surface area contributed by atoms with E-state index in [2.05, 4.69) is 46.7 Å². The van der Waals surface area contributed by atoms with Crippen molar-refractivity contribution >= 4 is 40.2 Å². The minimum atomic E-state index is -1.09. The summed E-state index contributed by atoms with van der Waals surface area (Å²) in [4.78, 5) is 63.4. The van der Waals surface area contributed by atoms with Gasteiger partial charge in [-0.2, -0.15) is 0 Å². The molecule has 0 saturated carbocycles. The number of carbonyl (C=O) groups excluding carboxylic acids is 3. The number of esters is 3. The first-order chi connectivity index (χ1) is 18.3. The fraction of sp³-hybridized carbons (Fsp3) is 0.348. The van der Waals surface area contributed by atoms with Crippen molar-refractivity contribution in [3.05, 3.63) is 36.7 Å². The number of aromatic nitrogens is 8. The third-order valence-electron chi connectivity index (χ3n) is 5.50. The molecule has 194 valence electrons. The van der Waals surface area contributed by atoms with E-state index in [-0.39, 0.29) is 6.61 Å². The Labute approximate surface area is 213 Å². The summed E-state index contributed by atoms with van der Waals surface area (Å²) in [6.45, 7) is 3.42. The number of carbonyl (C=O) groups is 3. The highest BCUT2D eigenvalue weighted by molar-refractivity contribution is 5.79. The Balaban J connectivity index is 1.52. The van der Waals surface area contributed by atoms with Gasteiger partial charge >= 0.3 is 17.9 Å². The summed E-state index contributed by atoms with van der Waals surface area (Å²) in [5.74, 6) is 4.07. The summed E-state index contributed by atoms with van der Waals surface area (Å²) >= 11 is 0. The highest BCUT2D eigenvalue weighted by Crippen LogP contribution is 2.36. The number of rotatable bonds is 5. The number of ether oxygens (including phenoxy) is 4. The molecule has 15 heteroatoms. The average molecular weight is 520 g/mol. The lowest BCUT2D eigenvalue weighted by Gasteiger charge is -2.23. The molecule has 0 spiro atoms. The van der Waals surface area contributed by atoms with Gasteiger partial charge in [-0.15, -0.1) is 0 Å². The second kappa shape index (κ2) is 10.2. The Kier molecular flexibility index (Phi) is 6.62. The molecule has 1 aliphatic heterocycles. The van der Waals surface area contributed by atoms with Gasteiger partial charge in [-0.3, -0.25) is 19.0 Å². The van der Waals surface area contributed by atoms with Crippen molar-refractivity contribution in [3.8, 4) is 11.8 Å². The first kappa shape index (κ1) is 24.7. The fourth-order valence-corrected chi connectivity index (χ4v) is 4.02. The molecule has 4 atom stereocenters. The molecule has 15 nitrogen and oxygen atoms in total. The van der Waals surface area contributed by atoms with Crippen LogP contribution in [0.1, 0.15) is 38.4 Å². The molecule has 5 heterocycles. The van der Waals surface area contributed by atoms with Crippen molar-refractivity contribution in [2.75, 3.05) is 6.61 Å². The Morgan fingerprint density at radius 2 is 1.63 bits per heavy atom. The van der Waals surface area contributed by atoms with Crippen LogP contribution in [-0.4, -0.2) is 82.3 Å². The molecule has 0 aliphatic carbocycles. The van der Waals surface area contributed by atoms with Crippen molar-refractivity contribution in [1.29, 1.82) is 0 Å². The van der Waals surface area contributed by atoms with Gasteiger partial charge in [0.25, 0.3) is 0 Å². The van der Waals surface area contributed by atoms with Gasteiger partial charge in [-0.25, -0.2) is 29.9 Å². The van der Waals surface area contributed by atoms with Crippen LogP contribution in [0.2, 0.25) is 0 Å². The Bertz CT molecular complexity index is 1600. The highest BCUT2D eigenvalue weighted by atomic mass is 16.7. The van der Waals surface area contributed by atoms with Gasteiger partial charge in [0, 0.05) is 20.8 Å². The van der Waals surface area contributed by atoms with E-state index in [0.29, 0.717) is 33.7 Å². The van der Waals surface area contributed by atoms with E-state index in [1.807, 2.05) is 0 Å². The SMILES string of the molecule is CC(=O)OC[C@H]1O[C@@H](n2cnc3c(C#Cc4ncnc5nc[nH]c45)ncnc32)[C@H](OC(C)=O)[C@@H]1OC(C)=O. The van der Waals surface area contributed by atoms with Crippen molar-refractivity contribution in [1.82, 2.24) is 39.5 Å². The molecule has 4 aromatic rings. The van der Waals surface area contributed by atoms with E-state index >= 15 is 0 Å². The third kappa shape index (κ3) is 4.84. The molecule has 1 fully saturated rings. The third-order valence-corrected chi connectivity index (χ3v) is 5.50. The van der Waals surface area contributed by atoms with Gasteiger partial charge < -0.3 is 23.9 Å². The number of nitrogens with zero attached hydrogens (tertiary/aromatic N) is 7. The van der Waals surface area contributed by atoms with E-state index in [9.17, 15) is 14.4 Å². The lowest BCUT2D eigenvalue weighted by atomic mass is 10.1. The number of hydrogen-bond acceptors (Lipinski definition) is 13. The fourth-order valence-electron chi connectivity index (χ4n) is 4.02. The second-order valence-corrected chi connectivity index (χ2v) is 8.14. The van der Waals surface area contributed by atoms with Gasteiger partial charge in [0.15, 0.2) is 29.7 Å². The number of fused-ring (bicyclic) bond motifs is 2. The Morgan fingerprint density at radius 3 is 2.39 bits per heavy atom. The van der Waals surface area contributed by atoms with Crippen molar-refractivity contribution in [2.24, 2.45) is 0 Å². The van der Waals surface area contributed by atoms with Gasteiger partial charge in [0.1, 0.15) is 47.8 Å². The maximum Gasteiger partial charge on any atom is 0.303 e. The average Bonchev–Trinajstić information content (AvgIpc) is 3.59. The number of hydrogen-bond donors (Lipinski definition) is 1. The summed E-state index contributed by atoms with van der Waals surface area (Å²) in [6.07, 6.45) is 1.47. The topological polar surface area (TPSA) is 186 Å². The minimum Gasteiger partial charge on any atom is -0.463 e. The first-order valence-electron chi connectivity index (χ1n) is 11.3. The molecule has 0 unspecified atom stereocenters. The molecule has 4 aromatic heterocycles. The number of imidazole rings is 2. The molecule has 1 saturated heterocycles. The summed E-state index contributed by atoms with van der Waals surface area (Å²) in [7, 11) is 0. The molecule has 38 heavy (non-hydrogen) atoms. The summed E-state index contributed by atoms with van der Waals surface area (Å²) in [6, 6.07) is 0. The Morgan fingerprint density at radius 1 is 0.921 bits per heavy atom. The zero-order chi connectivity index (χ0) is 26.8. The molecular weight excluding hydrogens is 500 g/mol. The van der Waals surface area contributed by atoms with Gasteiger partial charge in [-0.1, -0.05) is 0 Å². The van der Waals surface area contributed by atoms with Crippen molar-refractivity contribution in [3.63, 3.8) is 0 Å². The van der Waals surface area contributed by atoms with Gasteiger partial charge in [0.05, 0.1) is 12.7 Å². The molecule has 0 amide bonds. The largest absolute Gasteiger partial charge is 0.463 e. The zero-order valence-corrected chi connectivity index (χ0v) is 20.3. The minimum absolute atomic E-state index is 0.235. The van der Waals surface area contributed by atoms with E-state index in [4.69, 9.17) is 18.9 Å².